The lowest BCUT2D eigenvalue weighted by molar-refractivity contribution is 1.19. The van der Waals surface area contributed by atoms with Crippen molar-refractivity contribution in [2.45, 2.75) is 0 Å². The van der Waals surface area contributed by atoms with E-state index in [4.69, 9.17) is 0 Å². The molecule has 0 aliphatic carbocycles. The number of aromatic nitrogens is 2. The summed E-state index contributed by atoms with van der Waals surface area (Å²) in [5.74, 6) is 0. The minimum absolute atomic E-state index is 1.10. The van der Waals surface area contributed by atoms with Crippen LogP contribution in [0.4, 0.5) is 34.1 Å². The maximum atomic E-state index is 2.43. The Morgan fingerprint density at radius 1 is 0.153 bits per heavy atom. The summed E-state index contributed by atoms with van der Waals surface area (Å²) in [6.07, 6.45) is 0. The topological polar surface area (TPSA) is 16.3 Å². The summed E-state index contributed by atoms with van der Waals surface area (Å²) in [5.41, 5.74) is 21.1. The van der Waals surface area contributed by atoms with E-state index in [0.29, 0.717) is 0 Å². The molecule has 22 aromatic carbocycles. The van der Waals surface area contributed by atoms with Crippen LogP contribution in [0.1, 0.15) is 0 Å². The van der Waals surface area contributed by atoms with Gasteiger partial charge in [-0.25, -0.2) is 0 Å². The molecule has 0 aliphatic rings. The van der Waals surface area contributed by atoms with Crippen LogP contribution in [0, 0.1) is 0 Å². The zero-order chi connectivity index (χ0) is 81.5. The highest BCUT2D eigenvalue weighted by molar-refractivity contribution is 7.26. The molecule has 26 rings (SSSR count). The van der Waals surface area contributed by atoms with Gasteiger partial charge in [-0.1, -0.05) is 297 Å². The molecule has 578 valence electrons. The van der Waals surface area contributed by atoms with E-state index in [1.54, 1.807) is 0 Å². The first-order valence-corrected chi connectivity index (χ1v) is 44.1. The third-order valence-electron chi connectivity index (χ3n) is 25.7. The third kappa shape index (κ3) is 11.7. The van der Waals surface area contributed by atoms with Gasteiger partial charge in [0.05, 0.1) is 27.8 Å². The number of thiophene rings is 2. The second kappa shape index (κ2) is 29.0. The van der Waals surface area contributed by atoms with Gasteiger partial charge in [-0.2, -0.15) is 0 Å². The number of hydrogen-bond donors (Lipinski definition) is 0. The van der Waals surface area contributed by atoms with Gasteiger partial charge in [0.1, 0.15) is 0 Å². The molecule has 0 saturated heterocycles. The fourth-order valence-electron chi connectivity index (χ4n) is 20.0. The first kappa shape index (κ1) is 71.2. The van der Waals surface area contributed by atoms with Crippen LogP contribution in [0.15, 0.2) is 449 Å². The van der Waals surface area contributed by atoms with Crippen molar-refractivity contribution in [1.82, 2.24) is 9.13 Å². The second-order valence-electron chi connectivity index (χ2n) is 32.5. The van der Waals surface area contributed by atoms with Crippen molar-refractivity contribution in [2.24, 2.45) is 0 Å². The van der Waals surface area contributed by atoms with Crippen molar-refractivity contribution in [3.05, 3.63) is 449 Å². The number of anilines is 6. The Balaban J connectivity index is 0.000000136. The maximum Gasteiger partial charge on any atom is 0.0541 e. The van der Waals surface area contributed by atoms with E-state index in [-0.39, 0.29) is 0 Å². The Bertz CT molecular complexity index is 8740. The predicted octanol–water partition coefficient (Wildman–Crippen LogP) is 34.3. The lowest BCUT2D eigenvalue weighted by Gasteiger charge is -2.27. The van der Waals surface area contributed by atoms with E-state index in [0.717, 1.165) is 34.1 Å². The van der Waals surface area contributed by atoms with E-state index in [2.05, 4.69) is 468 Å². The quantitative estimate of drug-likeness (QED) is 0.120. The molecule has 4 nitrogen and oxygen atoms in total. The summed E-state index contributed by atoms with van der Waals surface area (Å²) >= 11 is 3.73. The van der Waals surface area contributed by atoms with Crippen LogP contribution in [-0.2, 0) is 0 Å². The monoisotopic (exact) mass is 1610 g/mol. The van der Waals surface area contributed by atoms with E-state index < -0.39 is 0 Å². The van der Waals surface area contributed by atoms with Crippen LogP contribution < -0.4 is 9.80 Å². The highest BCUT2D eigenvalue weighted by atomic mass is 32.1. The fourth-order valence-corrected chi connectivity index (χ4v) is 22.1. The van der Waals surface area contributed by atoms with Gasteiger partial charge < -0.3 is 18.9 Å². The molecule has 6 heteroatoms. The highest BCUT2D eigenvalue weighted by Gasteiger charge is 2.24. The molecule has 0 saturated carbocycles. The average molecular weight is 1610 g/mol. The largest absolute Gasteiger partial charge is 0.310 e. The van der Waals surface area contributed by atoms with Crippen molar-refractivity contribution in [3.63, 3.8) is 0 Å². The Kier molecular flexibility index (Phi) is 16.7. The Morgan fingerprint density at radius 3 is 0.911 bits per heavy atom. The molecule has 4 aromatic heterocycles. The zero-order valence-electron chi connectivity index (χ0n) is 67.3. The number of benzene rings is 22. The lowest BCUT2D eigenvalue weighted by Crippen LogP contribution is -2.10. The lowest BCUT2D eigenvalue weighted by atomic mass is 9.94. The fraction of sp³-hybridized carbons (Fsp3) is 0. The molecule has 26 aromatic rings. The number of nitrogens with zero attached hydrogens (tertiary/aromatic N) is 4. The number of hydrogen-bond acceptors (Lipinski definition) is 4. The smallest absolute Gasteiger partial charge is 0.0541 e. The summed E-state index contributed by atoms with van der Waals surface area (Å²) in [5, 5.41) is 27.9. The Labute approximate surface area is 723 Å². The maximum absolute atomic E-state index is 2.43. The summed E-state index contributed by atoms with van der Waals surface area (Å²) in [6.45, 7) is 0. The summed E-state index contributed by atoms with van der Waals surface area (Å²) in [6, 6.07) is 165. The molecule has 4 heterocycles. The van der Waals surface area contributed by atoms with Crippen LogP contribution in [0.2, 0.25) is 0 Å². The molecule has 0 radical (unpaired) electrons. The van der Waals surface area contributed by atoms with Crippen molar-refractivity contribution in [1.29, 1.82) is 0 Å². The molecule has 0 spiro atoms. The summed E-state index contributed by atoms with van der Waals surface area (Å²) < 4.78 is 10.1. The Hall–Kier alpha value is -15.7. The minimum Gasteiger partial charge on any atom is -0.310 e. The van der Waals surface area contributed by atoms with Gasteiger partial charge in [-0.3, -0.25) is 0 Å². The average Bonchev–Trinajstić information content (AvgIpc) is 1.22. The highest BCUT2D eigenvalue weighted by Crippen LogP contribution is 2.49. The summed E-state index contributed by atoms with van der Waals surface area (Å²) in [4.78, 5) is 4.83. The van der Waals surface area contributed by atoms with Crippen LogP contribution in [0.5, 0.6) is 0 Å². The van der Waals surface area contributed by atoms with Gasteiger partial charge in [0, 0.05) is 107 Å². The number of rotatable bonds is 11. The molecule has 0 aliphatic heterocycles. The van der Waals surface area contributed by atoms with Crippen molar-refractivity contribution in [2.75, 3.05) is 9.80 Å². The van der Waals surface area contributed by atoms with Crippen LogP contribution in [-0.4, -0.2) is 9.13 Å². The SMILES string of the molecule is c1ccc(-c2ccc(N(c3ccc(-c4ccc5c(c4)c4ccccc4n5-c4ccc5sc6ccccc6c5c4)cc3)c3ccc4c5ccccc5c5ccccc5c4c3)cc2)cc1.c1ccc2c(N(c3ccc(-c4ccc5c(c4)c4ccccc4n5-c4ccc5sc6ccccc6c5c4)cc3)c3ccc4c5ccccc5c5ccccc5c4c3)cccc2c1. The van der Waals surface area contributed by atoms with Crippen molar-refractivity contribution >= 4 is 216 Å². The molecule has 0 N–H and O–H groups in total. The van der Waals surface area contributed by atoms with Crippen molar-refractivity contribution < 1.29 is 0 Å². The van der Waals surface area contributed by atoms with Crippen molar-refractivity contribution in [3.8, 4) is 44.8 Å². The first-order valence-electron chi connectivity index (χ1n) is 42.5. The molecule has 0 fully saturated rings. The zero-order valence-corrected chi connectivity index (χ0v) is 69.0. The first-order chi connectivity index (χ1) is 61.5. The number of fused-ring (bicyclic) bond motifs is 25. The van der Waals surface area contributed by atoms with Gasteiger partial charge in [-0.05, 0) is 255 Å². The molecular formula is C118H74N4S2. The molecule has 124 heavy (non-hydrogen) atoms. The van der Waals surface area contributed by atoms with Gasteiger partial charge >= 0.3 is 0 Å². The minimum atomic E-state index is 1.10. The Morgan fingerprint density at radius 2 is 0.460 bits per heavy atom. The van der Waals surface area contributed by atoms with Gasteiger partial charge in [0.25, 0.3) is 0 Å². The van der Waals surface area contributed by atoms with Gasteiger partial charge in [-0.15, -0.1) is 22.7 Å². The van der Waals surface area contributed by atoms with Gasteiger partial charge in [0.2, 0.25) is 0 Å². The molecular weight excluding hydrogens is 1540 g/mol. The van der Waals surface area contributed by atoms with E-state index in [9.17, 15) is 0 Å². The standard InChI is InChI=1S/C60H38N2S.C58H36N2S/c1-2-12-39(13-3-1)40-22-27-43(28-23-40)61(45-31-33-51-49-16-5-4-14-47(49)48-15-6-7-17-50(48)54(51)37-45)44-29-24-41(25-30-44)42-26-34-58-55(36-42)52-18-8-10-20-57(52)62(58)46-32-35-60-56(38-46)53-19-9-11-21-59(53)63-60;1-2-14-43-38(12-1)13-11-22-54(43)59(41-29-31-48-46-17-4-3-15-44(46)45-16-5-6-18-47(45)51(48)35-41)40-27-24-37(25-28-40)39-26-32-56-52(34-39)49-19-7-9-21-55(49)60(56)42-30-33-58-53(36-42)50-20-8-10-23-57(50)61-58/h1-38H;1-36H. The molecule has 0 bridgehead atoms. The third-order valence-corrected chi connectivity index (χ3v) is 28.0. The van der Waals surface area contributed by atoms with E-state index >= 15 is 0 Å². The second-order valence-corrected chi connectivity index (χ2v) is 34.7. The normalized spacial score (nSPS) is 11.9. The van der Waals surface area contributed by atoms with Crippen LogP contribution in [0.25, 0.3) is 204 Å². The van der Waals surface area contributed by atoms with Gasteiger partial charge in [0.15, 0.2) is 0 Å². The van der Waals surface area contributed by atoms with E-state index in [1.807, 2.05) is 22.7 Å². The molecule has 0 atom stereocenters. The van der Waals surface area contributed by atoms with Crippen LogP contribution >= 0.6 is 22.7 Å². The van der Waals surface area contributed by atoms with E-state index in [1.165, 1.54) is 204 Å². The molecule has 0 amide bonds. The molecule has 0 unspecified atom stereocenters. The predicted molar refractivity (Wildman–Crippen MR) is 536 cm³/mol. The number of para-hydroxylation sites is 2. The van der Waals surface area contributed by atoms with Crippen LogP contribution in [0.3, 0.4) is 0 Å². The summed E-state index contributed by atoms with van der Waals surface area (Å²) in [7, 11) is 0.